The zero-order chi connectivity index (χ0) is 21.2. The minimum absolute atomic E-state index is 0.0806. The highest BCUT2D eigenvalue weighted by Gasteiger charge is 2.04. The summed E-state index contributed by atoms with van der Waals surface area (Å²) < 4.78 is 5.51. The first-order valence-electron chi connectivity index (χ1n) is 9.37. The number of ether oxygens (including phenoxy) is 1. The topological polar surface area (TPSA) is 83.7 Å². The van der Waals surface area contributed by atoms with Crippen LogP contribution in [0.5, 0.6) is 5.75 Å². The molecule has 0 aliphatic rings. The quantitative estimate of drug-likeness (QED) is 0.448. The van der Waals surface area contributed by atoms with Crippen molar-refractivity contribution in [3.8, 4) is 11.8 Å². The van der Waals surface area contributed by atoms with Gasteiger partial charge in [-0.3, -0.25) is 4.79 Å². The molecule has 3 aromatic rings. The summed E-state index contributed by atoms with van der Waals surface area (Å²) in [5.41, 5.74) is 4.04. The van der Waals surface area contributed by atoms with Crippen molar-refractivity contribution in [1.29, 1.82) is 5.26 Å². The Balaban J connectivity index is 1.44. The van der Waals surface area contributed by atoms with Gasteiger partial charge in [-0.25, -0.2) is 0 Å². The molecular weight excluding hydrogens is 378 g/mol. The van der Waals surface area contributed by atoms with Crippen LogP contribution >= 0.6 is 0 Å². The van der Waals surface area contributed by atoms with E-state index in [4.69, 9.17) is 14.8 Å². The van der Waals surface area contributed by atoms with Gasteiger partial charge in [-0.05, 0) is 55.0 Å². The van der Waals surface area contributed by atoms with Crippen molar-refractivity contribution in [2.45, 2.75) is 13.5 Å². The summed E-state index contributed by atoms with van der Waals surface area (Å²) in [6, 6.07) is 24.0. The molecule has 0 aromatic heterocycles. The lowest BCUT2D eigenvalue weighted by Crippen LogP contribution is -2.20. The van der Waals surface area contributed by atoms with Crippen molar-refractivity contribution >= 4 is 17.8 Å². The van der Waals surface area contributed by atoms with E-state index in [0.717, 1.165) is 22.4 Å². The van der Waals surface area contributed by atoms with Crippen LogP contribution in [0.2, 0.25) is 0 Å². The number of rotatable bonds is 8. The second kappa shape index (κ2) is 10.4. The molecule has 6 nitrogen and oxygen atoms in total. The minimum atomic E-state index is -0.226. The van der Waals surface area contributed by atoms with Crippen molar-refractivity contribution < 1.29 is 14.4 Å². The molecule has 3 aromatic carbocycles. The van der Waals surface area contributed by atoms with E-state index in [-0.39, 0.29) is 19.1 Å². The number of anilines is 1. The van der Waals surface area contributed by atoms with Crippen LogP contribution in [0.15, 0.2) is 78.0 Å². The fraction of sp³-hybridized carbons (Fsp3) is 0.125. The Bertz CT molecular complexity index is 1050. The van der Waals surface area contributed by atoms with Gasteiger partial charge in [0.1, 0.15) is 12.4 Å². The number of hydrogen-bond acceptors (Lipinski definition) is 5. The highest BCUT2D eigenvalue weighted by molar-refractivity contribution is 5.91. The Labute approximate surface area is 175 Å². The molecule has 0 radical (unpaired) electrons. The van der Waals surface area contributed by atoms with E-state index in [1.54, 1.807) is 30.5 Å². The number of nitriles is 1. The maximum atomic E-state index is 12.0. The third kappa shape index (κ3) is 6.21. The standard InChI is InChI=1S/C24H21N3O3/c1-18-6-10-22(11-7-18)27-24(28)17-29-23-12-8-19(9-13-23)15-26-30-16-21-5-3-2-4-20(21)14-25/h2-13,15H,16-17H2,1H3,(H,27,28)/b26-15-. The van der Waals surface area contributed by atoms with Crippen molar-refractivity contribution in [3.05, 3.63) is 95.1 Å². The molecule has 6 heteroatoms. The third-order valence-electron chi connectivity index (χ3n) is 4.22. The zero-order valence-corrected chi connectivity index (χ0v) is 16.5. The number of carbonyl (C=O) groups excluding carboxylic acids is 1. The lowest BCUT2D eigenvalue weighted by atomic mass is 10.1. The van der Waals surface area contributed by atoms with Gasteiger partial charge >= 0.3 is 0 Å². The molecule has 150 valence electrons. The number of nitrogens with zero attached hydrogens (tertiary/aromatic N) is 2. The molecule has 0 heterocycles. The molecule has 1 N–H and O–H groups in total. The summed E-state index contributed by atoms with van der Waals surface area (Å²) in [6.07, 6.45) is 1.57. The fourth-order valence-corrected chi connectivity index (χ4v) is 2.59. The van der Waals surface area contributed by atoms with E-state index in [2.05, 4.69) is 16.5 Å². The summed E-state index contributed by atoms with van der Waals surface area (Å²) in [7, 11) is 0. The Morgan fingerprint density at radius 1 is 1.07 bits per heavy atom. The van der Waals surface area contributed by atoms with Crippen LogP contribution in [-0.2, 0) is 16.2 Å². The number of aryl methyl sites for hydroxylation is 1. The maximum absolute atomic E-state index is 12.0. The Morgan fingerprint density at radius 2 is 1.80 bits per heavy atom. The highest BCUT2D eigenvalue weighted by atomic mass is 16.6. The van der Waals surface area contributed by atoms with Gasteiger partial charge in [-0.1, -0.05) is 41.1 Å². The molecule has 0 saturated heterocycles. The number of carbonyl (C=O) groups is 1. The number of amides is 1. The largest absolute Gasteiger partial charge is 0.484 e. The van der Waals surface area contributed by atoms with Gasteiger partial charge in [-0.2, -0.15) is 5.26 Å². The summed E-state index contributed by atoms with van der Waals surface area (Å²) in [4.78, 5) is 17.3. The summed E-state index contributed by atoms with van der Waals surface area (Å²) in [6.45, 7) is 2.13. The number of nitrogens with one attached hydrogen (secondary N) is 1. The average molecular weight is 399 g/mol. The van der Waals surface area contributed by atoms with E-state index in [9.17, 15) is 4.79 Å². The molecule has 0 fully saturated rings. The first kappa shape index (κ1) is 20.6. The molecule has 0 unspecified atom stereocenters. The highest BCUT2D eigenvalue weighted by Crippen LogP contribution is 2.13. The molecule has 0 aliphatic heterocycles. The Kier molecular flexibility index (Phi) is 7.17. The summed E-state index contributed by atoms with van der Waals surface area (Å²) in [5.74, 6) is 0.352. The normalized spacial score (nSPS) is 10.4. The van der Waals surface area contributed by atoms with Crippen molar-refractivity contribution in [2.75, 3.05) is 11.9 Å². The van der Waals surface area contributed by atoms with Gasteiger partial charge in [0.2, 0.25) is 0 Å². The van der Waals surface area contributed by atoms with Crippen LogP contribution in [0.1, 0.15) is 22.3 Å². The lowest BCUT2D eigenvalue weighted by Gasteiger charge is -2.08. The van der Waals surface area contributed by atoms with Crippen LogP contribution in [0.3, 0.4) is 0 Å². The van der Waals surface area contributed by atoms with Gasteiger partial charge in [0.25, 0.3) is 5.91 Å². The zero-order valence-electron chi connectivity index (χ0n) is 16.5. The molecule has 1 amide bonds. The van der Waals surface area contributed by atoms with E-state index < -0.39 is 0 Å². The van der Waals surface area contributed by atoms with E-state index in [0.29, 0.717) is 11.3 Å². The smallest absolute Gasteiger partial charge is 0.262 e. The molecule has 0 aliphatic carbocycles. The maximum Gasteiger partial charge on any atom is 0.262 e. The second-order valence-electron chi connectivity index (χ2n) is 6.55. The third-order valence-corrected chi connectivity index (χ3v) is 4.22. The van der Waals surface area contributed by atoms with E-state index >= 15 is 0 Å². The second-order valence-corrected chi connectivity index (χ2v) is 6.55. The van der Waals surface area contributed by atoms with Gasteiger partial charge in [0.05, 0.1) is 17.8 Å². The van der Waals surface area contributed by atoms with Crippen molar-refractivity contribution in [1.82, 2.24) is 0 Å². The predicted molar refractivity (Wildman–Crippen MR) is 115 cm³/mol. The first-order chi connectivity index (χ1) is 14.6. The molecule has 0 spiro atoms. The average Bonchev–Trinajstić information content (AvgIpc) is 2.78. The van der Waals surface area contributed by atoms with Gasteiger partial charge < -0.3 is 14.9 Å². The van der Waals surface area contributed by atoms with Crippen LogP contribution in [0.25, 0.3) is 0 Å². The SMILES string of the molecule is Cc1ccc(NC(=O)COc2ccc(/C=N\OCc3ccccc3C#N)cc2)cc1. The van der Waals surface area contributed by atoms with Gasteiger partial charge in [0, 0.05) is 11.3 Å². The van der Waals surface area contributed by atoms with Gasteiger partial charge in [-0.15, -0.1) is 0 Å². The number of oxime groups is 1. The Hall–Kier alpha value is -4.11. The van der Waals surface area contributed by atoms with E-state index in [1.165, 1.54) is 0 Å². The van der Waals surface area contributed by atoms with Crippen LogP contribution in [-0.4, -0.2) is 18.7 Å². The van der Waals surface area contributed by atoms with Crippen molar-refractivity contribution in [3.63, 3.8) is 0 Å². The first-order valence-corrected chi connectivity index (χ1v) is 9.37. The molecule has 3 rings (SSSR count). The summed E-state index contributed by atoms with van der Waals surface area (Å²) >= 11 is 0. The molecule has 0 bridgehead atoms. The molecule has 0 saturated carbocycles. The Morgan fingerprint density at radius 3 is 2.53 bits per heavy atom. The minimum Gasteiger partial charge on any atom is -0.484 e. The van der Waals surface area contributed by atoms with Crippen LogP contribution in [0.4, 0.5) is 5.69 Å². The molecular formula is C24H21N3O3. The summed E-state index contributed by atoms with van der Waals surface area (Å²) in [5, 5.41) is 15.8. The monoisotopic (exact) mass is 399 g/mol. The lowest BCUT2D eigenvalue weighted by molar-refractivity contribution is -0.118. The van der Waals surface area contributed by atoms with Crippen LogP contribution < -0.4 is 10.1 Å². The molecule has 30 heavy (non-hydrogen) atoms. The van der Waals surface area contributed by atoms with Gasteiger partial charge in [0.15, 0.2) is 6.61 Å². The molecule has 0 atom stereocenters. The van der Waals surface area contributed by atoms with Crippen LogP contribution in [0, 0.1) is 18.3 Å². The fourth-order valence-electron chi connectivity index (χ4n) is 2.59. The van der Waals surface area contributed by atoms with Crippen molar-refractivity contribution in [2.24, 2.45) is 5.16 Å². The predicted octanol–water partition coefficient (Wildman–Crippen LogP) is 4.43. The number of hydrogen-bond donors (Lipinski definition) is 1. The number of benzene rings is 3. The van der Waals surface area contributed by atoms with E-state index in [1.807, 2.05) is 55.5 Å².